The number of nitrogens with one attached hydrogen (secondary N) is 2. The van der Waals surface area contributed by atoms with E-state index in [1.165, 1.54) is 12.1 Å². The summed E-state index contributed by atoms with van der Waals surface area (Å²) < 4.78 is 41.7. The largest absolute Gasteiger partial charge is 0.416 e. The predicted molar refractivity (Wildman–Crippen MR) is 90.6 cm³/mol. The molecule has 0 aliphatic carbocycles. The van der Waals surface area contributed by atoms with Gasteiger partial charge in [0.1, 0.15) is 12.4 Å². The maximum Gasteiger partial charge on any atom is 0.416 e. The zero-order valence-corrected chi connectivity index (χ0v) is 14.1. The van der Waals surface area contributed by atoms with Crippen molar-refractivity contribution in [1.29, 1.82) is 0 Å². The number of benzene rings is 1. The number of nitrogens with zero attached hydrogens (tertiary/aromatic N) is 2. The molecule has 0 fully saturated rings. The Morgan fingerprint density at radius 2 is 1.96 bits per heavy atom. The number of aromatic nitrogens is 2. The normalized spacial score (nSPS) is 11.3. The van der Waals surface area contributed by atoms with Crippen molar-refractivity contribution in [1.82, 2.24) is 9.88 Å². The fourth-order valence-corrected chi connectivity index (χ4v) is 2.36. The number of imidazole rings is 1. The van der Waals surface area contributed by atoms with Gasteiger partial charge in [-0.05, 0) is 43.4 Å². The molecule has 24 heavy (non-hydrogen) atoms. The Morgan fingerprint density at radius 1 is 1.25 bits per heavy atom. The van der Waals surface area contributed by atoms with E-state index in [1.807, 2.05) is 18.7 Å². The lowest BCUT2D eigenvalue weighted by Gasteiger charge is -2.11. The molecule has 0 aliphatic heterocycles. The summed E-state index contributed by atoms with van der Waals surface area (Å²) in [5, 5.41) is 6.31. The number of anilines is 1. The summed E-state index contributed by atoms with van der Waals surface area (Å²) in [6.07, 6.45) is 2.63. The second-order valence-corrected chi connectivity index (χ2v) is 5.70. The average Bonchev–Trinajstić information content (AvgIpc) is 2.99. The number of halogens is 3. The molecule has 0 saturated carbocycles. The Bertz CT molecular complexity index is 665. The van der Waals surface area contributed by atoms with Crippen molar-refractivity contribution >= 4 is 23.0 Å². The highest BCUT2D eigenvalue weighted by Crippen LogP contribution is 2.29. The number of hydrogen-bond acceptors (Lipinski definition) is 1. The molecule has 4 nitrogen and oxygen atoms in total. The van der Waals surface area contributed by atoms with Gasteiger partial charge in [0.15, 0.2) is 5.11 Å². The molecule has 0 bridgehead atoms. The number of alkyl halides is 3. The SMILES string of the molecule is CCn1cc[n+](CCCNC(=S)Nc2ccc(C(F)(F)F)cc2)c1. The molecular formula is C16H20F3N4S+. The lowest BCUT2D eigenvalue weighted by atomic mass is 10.2. The van der Waals surface area contributed by atoms with Crippen LogP contribution in [-0.4, -0.2) is 16.2 Å². The Labute approximate surface area is 144 Å². The van der Waals surface area contributed by atoms with Crippen molar-refractivity contribution in [2.75, 3.05) is 11.9 Å². The van der Waals surface area contributed by atoms with Crippen molar-refractivity contribution in [3.05, 3.63) is 48.5 Å². The van der Waals surface area contributed by atoms with E-state index in [9.17, 15) is 13.2 Å². The van der Waals surface area contributed by atoms with E-state index in [4.69, 9.17) is 12.2 Å². The Kier molecular flexibility index (Phi) is 6.19. The monoisotopic (exact) mass is 357 g/mol. The fraction of sp³-hybridized carbons (Fsp3) is 0.375. The van der Waals surface area contributed by atoms with Gasteiger partial charge in [0.05, 0.1) is 18.7 Å². The van der Waals surface area contributed by atoms with Crippen LogP contribution in [0, 0.1) is 0 Å². The third kappa shape index (κ3) is 5.52. The van der Waals surface area contributed by atoms with Crippen LogP contribution in [0.4, 0.5) is 18.9 Å². The van der Waals surface area contributed by atoms with Gasteiger partial charge in [-0.1, -0.05) is 0 Å². The van der Waals surface area contributed by atoms with Crippen LogP contribution in [-0.2, 0) is 19.3 Å². The molecule has 0 amide bonds. The minimum absolute atomic E-state index is 0.394. The maximum atomic E-state index is 12.5. The Balaban J connectivity index is 1.71. The average molecular weight is 357 g/mol. The van der Waals surface area contributed by atoms with Gasteiger partial charge < -0.3 is 10.6 Å². The third-order valence-electron chi connectivity index (χ3n) is 3.46. The molecule has 0 aliphatic rings. The first-order valence-electron chi connectivity index (χ1n) is 7.65. The van der Waals surface area contributed by atoms with Gasteiger partial charge in [0, 0.05) is 18.7 Å². The highest BCUT2D eigenvalue weighted by atomic mass is 32.1. The zero-order valence-electron chi connectivity index (χ0n) is 13.3. The van der Waals surface area contributed by atoms with Gasteiger partial charge in [-0.25, -0.2) is 9.13 Å². The van der Waals surface area contributed by atoms with E-state index in [1.54, 1.807) is 0 Å². The zero-order chi connectivity index (χ0) is 17.6. The van der Waals surface area contributed by atoms with Crippen molar-refractivity contribution in [3.63, 3.8) is 0 Å². The Hall–Kier alpha value is -2.09. The molecule has 2 aromatic rings. The van der Waals surface area contributed by atoms with Crippen LogP contribution in [0.15, 0.2) is 43.0 Å². The molecule has 0 unspecified atom stereocenters. The molecule has 1 aromatic heterocycles. The quantitative estimate of drug-likeness (QED) is 0.473. The van der Waals surface area contributed by atoms with Gasteiger partial charge in [-0.3, -0.25) is 0 Å². The van der Waals surface area contributed by atoms with Crippen LogP contribution in [0.25, 0.3) is 0 Å². The highest BCUT2D eigenvalue weighted by molar-refractivity contribution is 7.80. The first-order valence-corrected chi connectivity index (χ1v) is 8.06. The first-order chi connectivity index (χ1) is 11.4. The molecule has 0 radical (unpaired) electrons. The molecule has 1 heterocycles. The van der Waals surface area contributed by atoms with Gasteiger partial charge in [0.2, 0.25) is 6.33 Å². The number of aryl methyl sites for hydroxylation is 2. The molecule has 0 spiro atoms. The smallest absolute Gasteiger partial charge is 0.362 e. The topological polar surface area (TPSA) is 32.9 Å². The lowest BCUT2D eigenvalue weighted by molar-refractivity contribution is -0.696. The summed E-state index contributed by atoms with van der Waals surface area (Å²) in [5.74, 6) is 0. The molecule has 130 valence electrons. The van der Waals surface area contributed by atoms with Crippen molar-refractivity contribution in [2.24, 2.45) is 0 Å². The Morgan fingerprint density at radius 3 is 2.54 bits per heavy atom. The fourth-order valence-electron chi connectivity index (χ4n) is 2.14. The minimum Gasteiger partial charge on any atom is -0.362 e. The third-order valence-corrected chi connectivity index (χ3v) is 3.71. The predicted octanol–water partition coefficient (Wildman–Crippen LogP) is 3.19. The van der Waals surface area contributed by atoms with Gasteiger partial charge in [-0.15, -0.1) is 0 Å². The minimum atomic E-state index is -4.33. The summed E-state index contributed by atoms with van der Waals surface area (Å²) in [4.78, 5) is 0. The van der Waals surface area contributed by atoms with Gasteiger partial charge >= 0.3 is 6.18 Å². The summed E-state index contributed by atoms with van der Waals surface area (Å²) >= 11 is 5.14. The molecule has 1 aromatic carbocycles. The van der Waals surface area contributed by atoms with Crippen molar-refractivity contribution in [2.45, 2.75) is 32.6 Å². The maximum absolute atomic E-state index is 12.5. The van der Waals surface area contributed by atoms with Gasteiger partial charge in [0.25, 0.3) is 0 Å². The molecular weight excluding hydrogens is 337 g/mol. The lowest BCUT2D eigenvalue weighted by Crippen LogP contribution is -2.35. The van der Waals surface area contributed by atoms with Crippen LogP contribution >= 0.6 is 12.2 Å². The summed E-state index contributed by atoms with van der Waals surface area (Å²) in [6.45, 7) is 4.56. The van der Waals surface area contributed by atoms with E-state index in [0.717, 1.165) is 31.6 Å². The number of rotatable bonds is 6. The van der Waals surface area contributed by atoms with Crippen molar-refractivity contribution in [3.8, 4) is 0 Å². The van der Waals surface area contributed by atoms with Crippen LogP contribution in [0.2, 0.25) is 0 Å². The molecule has 2 N–H and O–H groups in total. The summed E-state index contributed by atoms with van der Waals surface area (Å²) in [6, 6.07) is 4.78. The van der Waals surface area contributed by atoms with Crippen LogP contribution in [0.5, 0.6) is 0 Å². The molecule has 8 heteroatoms. The van der Waals surface area contributed by atoms with Gasteiger partial charge in [-0.2, -0.15) is 13.2 Å². The first kappa shape index (κ1) is 18.3. The highest BCUT2D eigenvalue weighted by Gasteiger charge is 2.29. The molecule has 0 atom stereocenters. The van der Waals surface area contributed by atoms with Crippen LogP contribution in [0.1, 0.15) is 18.9 Å². The summed E-state index contributed by atoms with van der Waals surface area (Å²) in [5.41, 5.74) is -0.155. The standard InChI is InChI=1S/C16H19F3N4S/c1-2-22-10-11-23(12-22)9-3-8-20-15(24)21-14-6-4-13(5-7-14)16(17,18)19/h4-7,10-12H,2-3,8-9H2,1H3,(H-,20,21,24)/p+1. The second-order valence-electron chi connectivity index (χ2n) is 5.29. The molecule has 2 rings (SSSR count). The van der Waals surface area contributed by atoms with E-state index in [2.05, 4.69) is 26.7 Å². The van der Waals surface area contributed by atoms with E-state index in [-0.39, 0.29) is 0 Å². The summed E-state index contributed by atoms with van der Waals surface area (Å²) in [7, 11) is 0. The van der Waals surface area contributed by atoms with E-state index in [0.29, 0.717) is 17.3 Å². The number of thiocarbonyl (C=S) groups is 1. The van der Waals surface area contributed by atoms with E-state index >= 15 is 0 Å². The molecule has 0 saturated heterocycles. The van der Waals surface area contributed by atoms with Crippen LogP contribution in [0.3, 0.4) is 0 Å². The van der Waals surface area contributed by atoms with E-state index < -0.39 is 11.7 Å². The number of hydrogen-bond donors (Lipinski definition) is 2. The second kappa shape index (κ2) is 8.14. The van der Waals surface area contributed by atoms with Crippen molar-refractivity contribution < 1.29 is 17.7 Å². The van der Waals surface area contributed by atoms with Crippen LogP contribution < -0.4 is 15.2 Å².